The van der Waals surface area contributed by atoms with Gasteiger partial charge in [0.05, 0.1) is 30.8 Å². The van der Waals surface area contributed by atoms with Crippen LogP contribution in [-0.2, 0) is 38.6 Å². The summed E-state index contributed by atoms with van der Waals surface area (Å²) in [5.41, 5.74) is 5.48. The van der Waals surface area contributed by atoms with Gasteiger partial charge in [0, 0.05) is 75.0 Å². The lowest BCUT2D eigenvalue weighted by atomic mass is 9.90. The van der Waals surface area contributed by atoms with Crippen molar-refractivity contribution in [3.63, 3.8) is 0 Å². The van der Waals surface area contributed by atoms with Crippen molar-refractivity contribution in [1.29, 1.82) is 0 Å². The number of nitro benzene ring substituents is 1. The molecule has 13 nitrogen and oxygen atoms in total. The average Bonchev–Trinajstić information content (AvgIpc) is 3.21. The smallest absolute Gasteiger partial charge is 0.328 e. The number of ether oxygens (including phenoxy) is 3. The number of benzene rings is 4. The molecule has 2 aliphatic rings. The van der Waals surface area contributed by atoms with Crippen LogP contribution in [0.1, 0.15) is 47.1 Å². The maximum atomic E-state index is 12.8. The zero-order valence-electron chi connectivity index (χ0n) is 30.5. The molecule has 0 aromatic heterocycles. The zero-order valence-corrected chi connectivity index (χ0v) is 30.5. The number of anilines is 1. The fraction of sp³-hybridized carbons (Fsp3) is 0.366. The lowest BCUT2D eigenvalue weighted by molar-refractivity contribution is -0.384. The monoisotopic (exact) mass is 737 g/mol. The number of nitrogens with one attached hydrogen (secondary N) is 2. The number of nitro groups is 1. The maximum absolute atomic E-state index is 12.8. The number of urea groups is 1. The molecule has 0 spiro atoms. The number of hydrogen-bond donors (Lipinski definition) is 3. The summed E-state index contributed by atoms with van der Waals surface area (Å²) in [6.07, 6.45) is -0.742. The van der Waals surface area contributed by atoms with Crippen LogP contribution in [0.2, 0.25) is 0 Å². The third-order valence-electron chi connectivity index (χ3n) is 10.1. The summed E-state index contributed by atoms with van der Waals surface area (Å²) in [5.74, 6) is -0.503. The lowest BCUT2D eigenvalue weighted by Gasteiger charge is -2.44. The molecule has 0 saturated carbocycles. The largest absolute Gasteiger partial charge is 0.467 e. The van der Waals surface area contributed by atoms with Crippen LogP contribution in [0.25, 0.3) is 0 Å². The van der Waals surface area contributed by atoms with Gasteiger partial charge in [0.2, 0.25) is 0 Å². The van der Waals surface area contributed by atoms with E-state index in [1.54, 1.807) is 24.3 Å². The quantitative estimate of drug-likeness (QED) is 0.0938. The van der Waals surface area contributed by atoms with E-state index in [1.807, 2.05) is 78.9 Å². The van der Waals surface area contributed by atoms with Gasteiger partial charge in [0.15, 0.2) is 6.29 Å². The first kappa shape index (κ1) is 38.4. The minimum absolute atomic E-state index is 0.0200. The molecule has 0 radical (unpaired) electrons. The van der Waals surface area contributed by atoms with Crippen molar-refractivity contribution in [2.45, 2.75) is 51.0 Å². The second kappa shape index (κ2) is 18.1. The number of nitrogens with zero attached hydrogens (tertiary/aromatic N) is 3. The number of carbonyl (C=O) groups excluding carboxylic acids is 2. The van der Waals surface area contributed by atoms with Crippen LogP contribution in [0.4, 0.5) is 16.2 Å². The summed E-state index contributed by atoms with van der Waals surface area (Å²) < 4.78 is 18.3. The Morgan fingerprint density at radius 2 is 1.52 bits per heavy atom. The molecule has 2 aliphatic heterocycles. The molecule has 2 fully saturated rings. The van der Waals surface area contributed by atoms with Crippen molar-refractivity contribution in [3.05, 3.63) is 141 Å². The fourth-order valence-electron chi connectivity index (χ4n) is 6.93. The lowest BCUT2D eigenvalue weighted by Crippen LogP contribution is -2.51. The highest BCUT2D eigenvalue weighted by atomic mass is 16.7. The van der Waals surface area contributed by atoms with Gasteiger partial charge in [0.1, 0.15) is 6.04 Å². The SMILES string of the molecule is COC(=O)C(Cc1ccccc1)NC(=O)NCc1ccc(C2OC(CN3CCN(c4ccc([N+](=O)[O-])cc4)CC3)C(C)C(c3ccc(CO)cc3)O2)cc1. The normalized spacial score (nSPS) is 20.8. The molecular weight excluding hydrogens is 690 g/mol. The first-order chi connectivity index (χ1) is 26.2. The van der Waals surface area contributed by atoms with Crippen molar-refractivity contribution in [3.8, 4) is 0 Å². The molecule has 54 heavy (non-hydrogen) atoms. The Hall–Kier alpha value is -5.34. The van der Waals surface area contributed by atoms with Gasteiger partial charge in [-0.25, -0.2) is 9.59 Å². The molecule has 3 N–H and O–H groups in total. The van der Waals surface area contributed by atoms with E-state index in [1.165, 1.54) is 7.11 Å². The molecule has 4 aromatic rings. The summed E-state index contributed by atoms with van der Waals surface area (Å²) in [5, 5.41) is 26.3. The van der Waals surface area contributed by atoms with Gasteiger partial charge in [-0.05, 0) is 34.4 Å². The fourth-order valence-corrected chi connectivity index (χ4v) is 6.93. The standard InChI is InChI=1S/C41H47N5O8/c1-28-37(26-44-20-22-45(23-21-44)34-16-18-35(19-17-34)46(50)51)53-40(54-38(28)32-12-10-31(27-47)11-13-32)33-14-8-30(9-15-33)25-42-41(49)43-36(39(48)52-2)24-29-6-4-3-5-7-29/h3-19,28,36-38,40,47H,20-27H2,1-2H3,(H2,42,43,49). The highest BCUT2D eigenvalue weighted by Crippen LogP contribution is 2.42. The highest BCUT2D eigenvalue weighted by molar-refractivity contribution is 5.83. The van der Waals surface area contributed by atoms with E-state index in [0.717, 1.165) is 59.7 Å². The molecule has 2 amide bonds. The van der Waals surface area contributed by atoms with Crippen molar-refractivity contribution < 1.29 is 33.8 Å². The summed E-state index contributed by atoms with van der Waals surface area (Å²) >= 11 is 0. The van der Waals surface area contributed by atoms with Crippen molar-refractivity contribution in [1.82, 2.24) is 15.5 Å². The summed E-state index contributed by atoms with van der Waals surface area (Å²) in [6, 6.07) is 30.3. The minimum atomic E-state index is -0.831. The third kappa shape index (κ3) is 9.79. The number of esters is 1. The number of piperazine rings is 1. The number of rotatable bonds is 13. The topological polar surface area (TPSA) is 156 Å². The second-order valence-electron chi connectivity index (χ2n) is 13.7. The predicted molar refractivity (Wildman–Crippen MR) is 202 cm³/mol. The second-order valence-corrected chi connectivity index (χ2v) is 13.7. The van der Waals surface area contributed by atoms with E-state index >= 15 is 0 Å². The van der Waals surface area contributed by atoms with Gasteiger partial charge in [-0.15, -0.1) is 0 Å². The van der Waals surface area contributed by atoms with E-state index in [4.69, 9.17) is 14.2 Å². The van der Waals surface area contributed by atoms with Gasteiger partial charge in [-0.3, -0.25) is 15.0 Å². The van der Waals surface area contributed by atoms with Crippen molar-refractivity contribution >= 4 is 23.4 Å². The molecular formula is C41H47N5O8. The molecule has 5 unspecified atom stereocenters. The van der Waals surface area contributed by atoms with E-state index in [0.29, 0.717) is 13.0 Å². The number of hydrogen-bond acceptors (Lipinski definition) is 10. The Morgan fingerprint density at radius 1 is 0.870 bits per heavy atom. The maximum Gasteiger partial charge on any atom is 0.328 e. The number of non-ortho nitro benzene ring substituents is 1. The summed E-state index contributed by atoms with van der Waals surface area (Å²) in [6.45, 7) is 6.24. The zero-order chi connectivity index (χ0) is 38.0. The molecule has 2 heterocycles. The van der Waals surface area contributed by atoms with E-state index < -0.39 is 24.3 Å². The van der Waals surface area contributed by atoms with Crippen LogP contribution in [0, 0.1) is 16.0 Å². The van der Waals surface area contributed by atoms with Gasteiger partial charge < -0.3 is 34.9 Å². The molecule has 0 bridgehead atoms. The molecule has 284 valence electrons. The summed E-state index contributed by atoms with van der Waals surface area (Å²) in [4.78, 5) is 40.5. The Morgan fingerprint density at radius 3 is 2.15 bits per heavy atom. The minimum Gasteiger partial charge on any atom is -0.467 e. The Kier molecular flexibility index (Phi) is 12.9. The van der Waals surface area contributed by atoms with Crippen LogP contribution in [0.15, 0.2) is 103 Å². The van der Waals surface area contributed by atoms with Crippen LogP contribution in [-0.4, -0.2) is 78.9 Å². The first-order valence-corrected chi connectivity index (χ1v) is 18.2. The Labute approximate surface area is 315 Å². The predicted octanol–water partition coefficient (Wildman–Crippen LogP) is 5.28. The number of amides is 2. The molecule has 6 rings (SSSR count). The van der Waals surface area contributed by atoms with Crippen molar-refractivity contribution in [2.75, 3.05) is 44.7 Å². The van der Waals surface area contributed by atoms with E-state index in [-0.39, 0.29) is 41.9 Å². The Bertz CT molecular complexity index is 1830. The van der Waals surface area contributed by atoms with Crippen LogP contribution in [0.5, 0.6) is 0 Å². The van der Waals surface area contributed by atoms with E-state index in [9.17, 15) is 24.8 Å². The van der Waals surface area contributed by atoms with Crippen LogP contribution >= 0.6 is 0 Å². The first-order valence-electron chi connectivity index (χ1n) is 18.2. The third-order valence-corrected chi connectivity index (χ3v) is 10.1. The molecule has 0 aliphatic carbocycles. The summed E-state index contributed by atoms with van der Waals surface area (Å²) in [7, 11) is 1.30. The number of carbonyl (C=O) groups is 2. The van der Waals surface area contributed by atoms with E-state index in [2.05, 4.69) is 27.4 Å². The molecule has 13 heteroatoms. The number of methoxy groups -OCH3 is 1. The number of aliphatic hydroxyl groups is 1. The highest BCUT2D eigenvalue weighted by Gasteiger charge is 2.39. The molecule has 2 saturated heterocycles. The van der Waals surface area contributed by atoms with Crippen LogP contribution < -0.4 is 15.5 Å². The van der Waals surface area contributed by atoms with Gasteiger partial charge in [0.25, 0.3) is 5.69 Å². The average molecular weight is 738 g/mol. The van der Waals surface area contributed by atoms with Gasteiger partial charge in [-0.2, -0.15) is 0 Å². The van der Waals surface area contributed by atoms with Crippen LogP contribution in [0.3, 0.4) is 0 Å². The van der Waals surface area contributed by atoms with Crippen molar-refractivity contribution in [2.24, 2.45) is 5.92 Å². The number of aliphatic hydroxyl groups excluding tert-OH is 1. The Balaban J connectivity index is 1.09. The molecule has 5 atom stereocenters. The van der Waals surface area contributed by atoms with Gasteiger partial charge in [-0.1, -0.05) is 85.8 Å². The molecule has 4 aromatic carbocycles. The van der Waals surface area contributed by atoms with Gasteiger partial charge >= 0.3 is 12.0 Å².